The van der Waals surface area contributed by atoms with Gasteiger partial charge in [-0.05, 0) is 32.9 Å². The number of carbonyl (C=O) groups excluding carboxylic acids is 4. The standard InChI is InChI=1S/C22H26N2O10/c1-19(2)32-11-20(3,34-19)16(27)22-18(29)23-21(30,17(28)24-22)14(7-8-31-22)33-15(26)13-6-4-5-12(9-13)10-25/h4-6,9-10,14,16,27,30H,7-8,11H2,1-3H3,(H,23,29)(H,24,28)/t14-,16+,20+,21-,22+/m1/s1. The maximum atomic E-state index is 13.1. The maximum absolute atomic E-state index is 13.1. The fourth-order valence-electron chi connectivity index (χ4n) is 4.36. The van der Waals surface area contributed by atoms with Gasteiger partial charge in [-0.25, -0.2) is 4.79 Å². The molecule has 4 saturated heterocycles. The number of esters is 1. The smallest absolute Gasteiger partial charge is 0.338 e. The third-order valence-electron chi connectivity index (χ3n) is 6.12. The van der Waals surface area contributed by atoms with Crippen LogP contribution in [0.15, 0.2) is 24.3 Å². The Kier molecular flexibility index (Phi) is 5.77. The zero-order valence-corrected chi connectivity index (χ0v) is 18.8. The van der Waals surface area contributed by atoms with Crippen LogP contribution >= 0.6 is 0 Å². The summed E-state index contributed by atoms with van der Waals surface area (Å²) >= 11 is 0. The third-order valence-corrected chi connectivity index (χ3v) is 6.12. The van der Waals surface area contributed by atoms with Crippen LogP contribution in [0, 0.1) is 0 Å². The summed E-state index contributed by atoms with van der Waals surface area (Å²) in [5.74, 6) is -4.18. The van der Waals surface area contributed by atoms with Gasteiger partial charge in [0, 0.05) is 12.0 Å². The lowest BCUT2D eigenvalue weighted by Gasteiger charge is -2.51. The molecule has 4 aliphatic rings. The van der Waals surface area contributed by atoms with Gasteiger partial charge in [0.05, 0.1) is 18.8 Å². The SMILES string of the molecule is CC1(C)OC[C@@](C)([C@H](O)[C@@]23NC(=O)[C@@](O)(NC2=O)[C@H](OC(=O)c2cccc(C=O)c2)CCO3)O1. The molecule has 5 rings (SSSR count). The number of aliphatic hydroxyl groups is 2. The highest BCUT2D eigenvalue weighted by Crippen LogP contribution is 2.39. The minimum Gasteiger partial charge on any atom is -0.453 e. The van der Waals surface area contributed by atoms with Crippen LogP contribution in [-0.4, -0.2) is 82.5 Å². The minimum absolute atomic E-state index is 0.0115. The molecule has 12 heteroatoms. The number of aldehydes is 1. The van der Waals surface area contributed by atoms with Gasteiger partial charge in [0.15, 0.2) is 11.9 Å². The van der Waals surface area contributed by atoms with Crippen LogP contribution in [0.2, 0.25) is 0 Å². The Morgan fingerprint density at radius 2 is 1.94 bits per heavy atom. The summed E-state index contributed by atoms with van der Waals surface area (Å²) < 4.78 is 22.3. The van der Waals surface area contributed by atoms with Crippen LogP contribution in [0.5, 0.6) is 0 Å². The predicted octanol–water partition coefficient (Wildman–Crippen LogP) is -1.02. The van der Waals surface area contributed by atoms with Crippen molar-refractivity contribution in [2.75, 3.05) is 13.2 Å². The average Bonchev–Trinajstić information content (AvgIpc) is 3.08. The number of carbonyl (C=O) groups is 4. The van der Waals surface area contributed by atoms with Gasteiger partial charge < -0.3 is 39.8 Å². The van der Waals surface area contributed by atoms with E-state index in [9.17, 15) is 29.4 Å². The first-order chi connectivity index (χ1) is 15.9. The van der Waals surface area contributed by atoms with Crippen LogP contribution in [0.25, 0.3) is 0 Å². The summed E-state index contributed by atoms with van der Waals surface area (Å²) in [6, 6.07) is 5.64. The number of amides is 2. The molecule has 34 heavy (non-hydrogen) atoms. The zero-order valence-electron chi connectivity index (χ0n) is 18.8. The number of rotatable bonds is 5. The van der Waals surface area contributed by atoms with Gasteiger partial charge in [0.25, 0.3) is 23.3 Å². The van der Waals surface area contributed by atoms with Gasteiger partial charge in [-0.3, -0.25) is 14.4 Å². The summed E-state index contributed by atoms with van der Waals surface area (Å²) in [7, 11) is 0. The Hall–Kier alpha value is -2.90. The van der Waals surface area contributed by atoms with Crippen molar-refractivity contribution in [2.45, 2.75) is 62.2 Å². The monoisotopic (exact) mass is 478 g/mol. The van der Waals surface area contributed by atoms with E-state index in [2.05, 4.69) is 10.6 Å². The number of piperazine rings is 1. The van der Waals surface area contributed by atoms with Crippen molar-refractivity contribution in [1.82, 2.24) is 10.6 Å². The molecule has 4 heterocycles. The fraction of sp³-hybridized carbons (Fsp3) is 0.545. The molecule has 0 saturated carbocycles. The number of ether oxygens (including phenoxy) is 4. The van der Waals surface area contributed by atoms with E-state index in [0.29, 0.717) is 6.29 Å². The van der Waals surface area contributed by atoms with Crippen LogP contribution in [-0.2, 0) is 28.5 Å². The van der Waals surface area contributed by atoms with Gasteiger partial charge in [0.1, 0.15) is 18.0 Å². The highest BCUT2D eigenvalue weighted by atomic mass is 16.8. The molecule has 4 fully saturated rings. The summed E-state index contributed by atoms with van der Waals surface area (Å²) in [6.45, 7) is 4.38. The highest BCUT2D eigenvalue weighted by Gasteiger charge is 2.67. The molecule has 2 bridgehead atoms. The number of nitrogens with one attached hydrogen (secondary N) is 2. The quantitative estimate of drug-likeness (QED) is 0.303. The van der Waals surface area contributed by atoms with Crippen molar-refractivity contribution in [1.29, 1.82) is 0 Å². The normalized spacial score (nSPS) is 35.5. The van der Waals surface area contributed by atoms with Crippen molar-refractivity contribution in [2.24, 2.45) is 0 Å². The Bertz CT molecular complexity index is 1040. The summed E-state index contributed by atoms with van der Waals surface area (Å²) in [5.41, 5.74) is -6.11. The van der Waals surface area contributed by atoms with E-state index < -0.39 is 52.8 Å². The predicted molar refractivity (Wildman–Crippen MR) is 111 cm³/mol. The molecule has 2 amide bonds. The number of hydrogen-bond donors (Lipinski definition) is 4. The highest BCUT2D eigenvalue weighted by molar-refractivity contribution is 6.02. The lowest BCUT2D eigenvalue weighted by Crippen LogP contribution is -2.84. The van der Waals surface area contributed by atoms with E-state index >= 15 is 0 Å². The third kappa shape index (κ3) is 3.87. The lowest BCUT2D eigenvalue weighted by atomic mass is 9.85. The fourth-order valence-corrected chi connectivity index (χ4v) is 4.36. The molecule has 184 valence electrons. The zero-order chi connectivity index (χ0) is 24.9. The van der Waals surface area contributed by atoms with E-state index in [4.69, 9.17) is 18.9 Å². The van der Waals surface area contributed by atoms with E-state index in [1.807, 2.05) is 0 Å². The summed E-state index contributed by atoms with van der Waals surface area (Å²) in [4.78, 5) is 49.8. The Balaban J connectivity index is 1.58. The van der Waals surface area contributed by atoms with Crippen LogP contribution in [0.1, 0.15) is 47.9 Å². The minimum atomic E-state index is -2.63. The average molecular weight is 478 g/mol. The van der Waals surface area contributed by atoms with Crippen molar-refractivity contribution >= 4 is 24.1 Å². The van der Waals surface area contributed by atoms with E-state index in [0.717, 1.165) is 0 Å². The molecule has 12 nitrogen and oxygen atoms in total. The van der Waals surface area contributed by atoms with E-state index in [1.165, 1.54) is 31.2 Å². The van der Waals surface area contributed by atoms with Gasteiger partial charge in [-0.1, -0.05) is 12.1 Å². The van der Waals surface area contributed by atoms with Gasteiger partial charge in [0.2, 0.25) is 0 Å². The van der Waals surface area contributed by atoms with Crippen molar-refractivity contribution in [3.05, 3.63) is 35.4 Å². The second-order valence-corrected chi connectivity index (χ2v) is 9.19. The first kappa shape index (κ1) is 24.2. The summed E-state index contributed by atoms with van der Waals surface area (Å²) in [5, 5.41) is 26.6. The molecule has 0 aromatic heterocycles. The molecule has 0 radical (unpaired) electrons. The summed E-state index contributed by atoms with van der Waals surface area (Å²) in [6.07, 6.45) is -2.90. The molecule has 4 N–H and O–H groups in total. The van der Waals surface area contributed by atoms with Crippen molar-refractivity contribution in [3.63, 3.8) is 0 Å². The molecular weight excluding hydrogens is 452 g/mol. The first-order valence-electron chi connectivity index (χ1n) is 10.7. The Morgan fingerprint density at radius 1 is 1.21 bits per heavy atom. The number of fused-ring (bicyclic) bond motifs is 5. The van der Waals surface area contributed by atoms with Gasteiger partial charge in [-0.2, -0.15) is 0 Å². The molecule has 5 atom stereocenters. The second kappa shape index (κ2) is 8.10. The van der Waals surface area contributed by atoms with Crippen LogP contribution < -0.4 is 10.6 Å². The molecular formula is C22H26N2O10. The molecule has 1 aromatic carbocycles. The molecule has 0 unspecified atom stereocenters. The molecule has 0 aliphatic carbocycles. The van der Waals surface area contributed by atoms with Crippen LogP contribution in [0.3, 0.4) is 0 Å². The number of benzene rings is 1. The van der Waals surface area contributed by atoms with Crippen molar-refractivity contribution in [3.8, 4) is 0 Å². The molecule has 1 aromatic rings. The number of aliphatic hydroxyl groups excluding tert-OH is 1. The largest absolute Gasteiger partial charge is 0.453 e. The maximum Gasteiger partial charge on any atom is 0.338 e. The lowest BCUT2D eigenvalue weighted by molar-refractivity contribution is -0.251. The molecule has 4 aliphatic heterocycles. The second-order valence-electron chi connectivity index (χ2n) is 9.19. The van der Waals surface area contributed by atoms with Gasteiger partial charge in [-0.15, -0.1) is 0 Å². The van der Waals surface area contributed by atoms with E-state index in [1.54, 1.807) is 13.8 Å². The topological polar surface area (TPSA) is 170 Å². The number of hydrogen-bond acceptors (Lipinski definition) is 10. The van der Waals surface area contributed by atoms with Gasteiger partial charge >= 0.3 is 5.97 Å². The molecule has 0 spiro atoms. The van der Waals surface area contributed by atoms with Crippen LogP contribution in [0.4, 0.5) is 0 Å². The Labute approximate surface area is 194 Å². The van der Waals surface area contributed by atoms with Crippen molar-refractivity contribution < 1.29 is 48.3 Å². The van der Waals surface area contributed by atoms with E-state index in [-0.39, 0.29) is 30.8 Å². The first-order valence-corrected chi connectivity index (χ1v) is 10.7. The Morgan fingerprint density at radius 3 is 2.59 bits per heavy atom.